The van der Waals surface area contributed by atoms with Gasteiger partial charge in [0, 0.05) is 27.6 Å². The fourth-order valence-electron chi connectivity index (χ4n) is 1.93. The second-order valence-electron chi connectivity index (χ2n) is 3.81. The lowest BCUT2D eigenvalue weighted by atomic mass is 10.1. The third-order valence-corrected chi connectivity index (χ3v) is 2.64. The highest BCUT2D eigenvalue weighted by molar-refractivity contribution is 7.76. The molecule has 3 aromatic rings. The minimum absolute atomic E-state index is 0.0238. The van der Waals surface area contributed by atoms with Crippen molar-refractivity contribution in [1.82, 2.24) is 4.98 Å². The molecule has 0 amide bonds. The van der Waals surface area contributed by atoms with E-state index in [0.717, 1.165) is 21.7 Å². The molecule has 1 atom stereocenters. The SMILES string of the molecule is NS(=O)[O-].O=c1[nH]c2ccccc2c2ccccc12. The van der Waals surface area contributed by atoms with E-state index in [1.165, 1.54) is 0 Å². The van der Waals surface area contributed by atoms with Gasteiger partial charge in [-0.15, -0.1) is 0 Å². The third-order valence-electron chi connectivity index (χ3n) is 2.64. The van der Waals surface area contributed by atoms with Crippen molar-refractivity contribution in [3.63, 3.8) is 0 Å². The van der Waals surface area contributed by atoms with Gasteiger partial charge in [-0.3, -0.25) is 14.1 Å². The number of nitrogens with two attached hydrogens (primary N) is 1. The first-order chi connectivity index (χ1) is 9.09. The largest absolute Gasteiger partial charge is 0.760 e. The van der Waals surface area contributed by atoms with E-state index in [1.54, 1.807) is 0 Å². The molecule has 2 aromatic carbocycles. The zero-order chi connectivity index (χ0) is 13.8. The fourth-order valence-corrected chi connectivity index (χ4v) is 1.93. The van der Waals surface area contributed by atoms with Gasteiger partial charge < -0.3 is 9.54 Å². The summed E-state index contributed by atoms with van der Waals surface area (Å²) in [6.07, 6.45) is 0. The lowest BCUT2D eigenvalue weighted by molar-refractivity contribution is 0.539. The Kier molecular flexibility index (Phi) is 4.06. The van der Waals surface area contributed by atoms with Gasteiger partial charge in [-0.25, -0.2) is 0 Å². The quantitative estimate of drug-likeness (QED) is 0.479. The van der Waals surface area contributed by atoms with Crippen LogP contribution >= 0.6 is 0 Å². The maximum absolute atomic E-state index is 11.7. The van der Waals surface area contributed by atoms with Crippen LogP contribution in [-0.4, -0.2) is 13.7 Å². The van der Waals surface area contributed by atoms with Gasteiger partial charge in [0.15, 0.2) is 0 Å². The smallest absolute Gasteiger partial charge is 0.256 e. The maximum atomic E-state index is 11.7. The van der Waals surface area contributed by atoms with Crippen molar-refractivity contribution in [2.45, 2.75) is 0 Å². The van der Waals surface area contributed by atoms with Gasteiger partial charge in [-0.1, -0.05) is 36.4 Å². The van der Waals surface area contributed by atoms with Crippen molar-refractivity contribution in [2.24, 2.45) is 5.14 Å². The van der Waals surface area contributed by atoms with Gasteiger partial charge in [0.1, 0.15) is 0 Å². The summed E-state index contributed by atoms with van der Waals surface area (Å²) in [7, 11) is 0. The van der Waals surface area contributed by atoms with Crippen LogP contribution in [0.25, 0.3) is 21.7 Å². The number of fused-ring (bicyclic) bond motifs is 3. The van der Waals surface area contributed by atoms with Gasteiger partial charge in [-0.05, 0) is 17.5 Å². The molecule has 0 aliphatic heterocycles. The van der Waals surface area contributed by atoms with Gasteiger partial charge in [-0.2, -0.15) is 0 Å². The van der Waals surface area contributed by atoms with Crippen LogP contribution < -0.4 is 10.7 Å². The number of hydrogen-bond donors (Lipinski definition) is 2. The summed E-state index contributed by atoms with van der Waals surface area (Å²) in [6, 6.07) is 15.5. The molecule has 19 heavy (non-hydrogen) atoms. The Hall–Kier alpha value is -2.02. The number of benzene rings is 2. The highest BCUT2D eigenvalue weighted by Crippen LogP contribution is 2.19. The fraction of sp³-hybridized carbons (Fsp3) is 0. The number of pyridine rings is 1. The second-order valence-corrected chi connectivity index (χ2v) is 4.33. The maximum Gasteiger partial charge on any atom is 0.256 e. The molecule has 1 unspecified atom stereocenters. The van der Waals surface area contributed by atoms with E-state index in [4.69, 9.17) is 8.76 Å². The van der Waals surface area contributed by atoms with E-state index in [1.807, 2.05) is 48.5 Å². The zero-order valence-electron chi connectivity index (χ0n) is 9.83. The minimum Gasteiger partial charge on any atom is -0.760 e. The predicted molar refractivity (Wildman–Crippen MR) is 75.2 cm³/mol. The lowest BCUT2D eigenvalue weighted by Crippen LogP contribution is -2.05. The van der Waals surface area contributed by atoms with Crippen molar-refractivity contribution >= 4 is 32.9 Å². The predicted octanol–water partition coefficient (Wildman–Crippen LogP) is 1.42. The van der Waals surface area contributed by atoms with E-state index in [-0.39, 0.29) is 5.56 Å². The summed E-state index contributed by atoms with van der Waals surface area (Å²) in [4.78, 5) is 14.6. The second kappa shape index (κ2) is 5.75. The van der Waals surface area contributed by atoms with E-state index < -0.39 is 11.3 Å². The summed E-state index contributed by atoms with van der Waals surface area (Å²) < 4.78 is 17.6. The molecule has 0 fully saturated rings. The number of para-hydroxylation sites is 1. The van der Waals surface area contributed by atoms with Gasteiger partial charge in [0.2, 0.25) is 0 Å². The minimum atomic E-state index is -2.36. The average molecular weight is 275 g/mol. The molecule has 0 radical (unpaired) electrons. The van der Waals surface area contributed by atoms with Crippen molar-refractivity contribution in [1.29, 1.82) is 0 Å². The first kappa shape index (κ1) is 13.4. The van der Waals surface area contributed by atoms with Crippen molar-refractivity contribution in [2.75, 3.05) is 0 Å². The van der Waals surface area contributed by atoms with Crippen LogP contribution in [0.4, 0.5) is 0 Å². The normalized spacial score (nSPS) is 11.9. The van der Waals surface area contributed by atoms with E-state index in [0.29, 0.717) is 0 Å². The molecule has 1 aromatic heterocycles. The summed E-state index contributed by atoms with van der Waals surface area (Å²) in [6.45, 7) is 0. The first-order valence-corrected chi connectivity index (χ1v) is 6.57. The average Bonchev–Trinajstić information content (AvgIpc) is 2.39. The Morgan fingerprint density at radius 3 is 2.05 bits per heavy atom. The van der Waals surface area contributed by atoms with Crippen molar-refractivity contribution < 1.29 is 8.76 Å². The van der Waals surface area contributed by atoms with Crippen LogP contribution in [0.5, 0.6) is 0 Å². The number of aromatic nitrogens is 1. The van der Waals surface area contributed by atoms with Crippen LogP contribution in [0.2, 0.25) is 0 Å². The van der Waals surface area contributed by atoms with E-state index in [2.05, 4.69) is 10.1 Å². The third kappa shape index (κ3) is 3.05. The Bertz CT molecular complexity index is 794. The number of nitrogens with one attached hydrogen (secondary N) is 1. The van der Waals surface area contributed by atoms with E-state index in [9.17, 15) is 4.79 Å². The van der Waals surface area contributed by atoms with Crippen LogP contribution in [0, 0.1) is 0 Å². The number of H-pyrrole nitrogens is 1. The highest BCUT2D eigenvalue weighted by Gasteiger charge is 2.02. The molecule has 3 rings (SSSR count). The summed E-state index contributed by atoms with van der Waals surface area (Å²) in [5.41, 5.74) is 0.866. The molecular weight excluding hydrogens is 264 g/mol. The topological polar surface area (TPSA) is 99.0 Å². The van der Waals surface area contributed by atoms with Gasteiger partial charge >= 0.3 is 0 Å². The molecule has 6 heteroatoms. The number of rotatable bonds is 0. The Morgan fingerprint density at radius 2 is 1.42 bits per heavy atom. The van der Waals surface area contributed by atoms with Gasteiger partial charge in [0.25, 0.3) is 5.56 Å². The monoisotopic (exact) mass is 275 g/mol. The summed E-state index contributed by atoms with van der Waals surface area (Å²) in [5, 5.41) is 6.88. The number of hydrogen-bond acceptors (Lipinski definition) is 3. The molecule has 0 aliphatic carbocycles. The molecule has 3 N–H and O–H groups in total. The number of aromatic amines is 1. The molecule has 98 valence electrons. The molecule has 5 nitrogen and oxygen atoms in total. The molecule has 0 spiro atoms. The van der Waals surface area contributed by atoms with Crippen LogP contribution in [-0.2, 0) is 11.3 Å². The lowest BCUT2D eigenvalue weighted by Gasteiger charge is -2.02. The molecule has 0 saturated carbocycles. The van der Waals surface area contributed by atoms with Crippen LogP contribution in [0.15, 0.2) is 53.3 Å². The first-order valence-electron chi connectivity index (χ1n) is 5.43. The molecule has 0 aliphatic rings. The van der Waals surface area contributed by atoms with Crippen molar-refractivity contribution in [3.05, 3.63) is 58.9 Å². The molecule has 0 bridgehead atoms. The highest BCUT2D eigenvalue weighted by atomic mass is 32.2. The Balaban J connectivity index is 0.000000297. The Morgan fingerprint density at radius 1 is 0.947 bits per heavy atom. The zero-order valence-corrected chi connectivity index (χ0v) is 10.6. The summed E-state index contributed by atoms with van der Waals surface area (Å²) in [5.74, 6) is 0. The Labute approximate surface area is 111 Å². The molecule has 0 saturated heterocycles. The van der Waals surface area contributed by atoms with Crippen molar-refractivity contribution in [3.8, 4) is 0 Å². The van der Waals surface area contributed by atoms with Crippen LogP contribution in [0.3, 0.4) is 0 Å². The van der Waals surface area contributed by atoms with E-state index >= 15 is 0 Å². The standard InChI is InChI=1S/C13H9NO.H3NO2S/c15-13-11-7-2-1-5-9(11)10-6-3-4-8-12(10)14-13;1-4(2)3/h1-8H,(H,14,15);1H2,(H,2,3)/p-1. The summed E-state index contributed by atoms with van der Waals surface area (Å²) >= 11 is -2.36. The molecule has 1 heterocycles. The van der Waals surface area contributed by atoms with Gasteiger partial charge in [0.05, 0.1) is 0 Å². The van der Waals surface area contributed by atoms with Crippen LogP contribution in [0.1, 0.15) is 0 Å². The molecular formula is C13H11N2O3S-.